The average molecular weight is 345 g/mol. The Hall–Kier alpha value is -1.66. The van der Waals surface area contributed by atoms with Crippen molar-refractivity contribution < 1.29 is 19.0 Å². The van der Waals surface area contributed by atoms with Crippen molar-refractivity contribution in [3.05, 3.63) is 17.7 Å². The summed E-state index contributed by atoms with van der Waals surface area (Å²) in [6.07, 6.45) is 1.84. The number of amides is 1. The minimum Gasteiger partial charge on any atom is -0.493 e. The SMILES string of the molecule is COc1ccc(C(=O)NC2CCNC(C)C2)c(OC)c1OC.Cl. The van der Waals surface area contributed by atoms with E-state index < -0.39 is 0 Å². The van der Waals surface area contributed by atoms with Crippen molar-refractivity contribution >= 4 is 18.3 Å². The minimum atomic E-state index is -0.156. The van der Waals surface area contributed by atoms with E-state index in [0.717, 1.165) is 19.4 Å². The number of ether oxygens (including phenoxy) is 3. The van der Waals surface area contributed by atoms with Crippen LogP contribution in [0.4, 0.5) is 0 Å². The molecule has 2 rings (SSSR count). The minimum absolute atomic E-state index is 0. The van der Waals surface area contributed by atoms with Crippen LogP contribution in [-0.4, -0.2) is 45.9 Å². The van der Waals surface area contributed by atoms with E-state index in [9.17, 15) is 4.79 Å². The largest absolute Gasteiger partial charge is 0.493 e. The number of nitrogens with one attached hydrogen (secondary N) is 2. The van der Waals surface area contributed by atoms with Gasteiger partial charge in [0.1, 0.15) is 0 Å². The smallest absolute Gasteiger partial charge is 0.255 e. The number of halogens is 1. The number of hydrogen-bond acceptors (Lipinski definition) is 5. The summed E-state index contributed by atoms with van der Waals surface area (Å²) in [5, 5.41) is 6.44. The first-order chi connectivity index (χ1) is 10.6. The van der Waals surface area contributed by atoms with E-state index in [0.29, 0.717) is 28.9 Å². The van der Waals surface area contributed by atoms with Crippen LogP contribution in [0.5, 0.6) is 17.2 Å². The molecular formula is C16H25ClN2O4. The lowest BCUT2D eigenvalue weighted by molar-refractivity contribution is 0.0922. The number of carbonyl (C=O) groups excluding carboxylic acids is 1. The zero-order valence-electron chi connectivity index (χ0n) is 14.0. The third-order valence-corrected chi connectivity index (χ3v) is 3.91. The Morgan fingerprint density at radius 2 is 1.87 bits per heavy atom. The highest BCUT2D eigenvalue weighted by Gasteiger charge is 2.24. The van der Waals surface area contributed by atoms with Crippen molar-refractivity contribution in [2.24, 2.45) is 0 Å². The molecule has 1 aliphatic heterocycles. The molecule has 0 aliphatic carbocycles. The quantitative estimate of drug-likeness (QED) is 0.855. The van der Waals surface area contributed by atoms with Crippen LogP contribution in [-0.2, 0) is 0 Å². The Morgan fingerprint density at radius 1 is 1.17 bits per heavy atom. The van der Waals surface area contributed by atoms with E-state index in [4.69, 9.17) is 14.2 Å². The van der Waals surface area contributed by atoms with Gasteiger partial charge in [0.25, 0.3) is 5.91 Å². The molecular weight excluding hydrogens is 320 g/mol. The van der Waals surface area contributed by atoms with Crippen LogP contribution < -0.4 is 24.8 Å². The fraction of sp³-hybridized carbons (Fsp3) is 0.562. The highest BCUT2D eigenvalue weighted by Crippen LogP contribution is 2.39. The highest BCUT2D eigenvalue weighted by atomic mass is 35.5. The Labute approximate surface area is 143 Å². The van der Waals surface area contributed by atoms with E-state index in [-0.39, 0.29) is 24.4 Å². The molecule has 6 nitrogen and oxygen atoms in total. The van der Waals surface area contributed by atoms with Crippen molar-refractivity contribution in [2.75, 3.05) is 27.9 Å². The molecule has 7 heteroatoms. The van der Waals surface area contributed by atoms with E-state index >= 15 is 0 Å². The third-order valence-electron chi connectivity index (χ3n) is 3.91. The van der Waals surface area contributed by atoms with Gasteiger partial charge in [0.05, 0.1) is 26.9 Å². The highest BCUT2D eigenvalue weighted by molar-refractivity contribution is 5.98. The molecule has 130 valence electrons. The van der Waals surface area contributed by atoms with Gasteiger partial charge in [0.15, 0.2) is 11.5 Å². The van der Waals surface area contributed by atoms with Crippen molar-refractivity contribution in [1.29, 1.82) is 0 Å². The summed E-state index contributed by atoms with van der Waals surface area (Å²) >= 11 is 0. The van der Waals surface area contributed by atoms with Gasteiger partial charge in [-0.1, -0.05) is 0 Å². The van der Waals surface area contributed by atoms with Crippen LogP contribution in [0.25, 0.3) is 0 Å². The van der Waals surface area contributed by atoms with Gasteiger partial charge in [-0.2, -0.15) is 0 Å². The first-order valence-corrected chi connectivity index (χ1v) is 7.43. The normalized spacial score (nSPS) is 20.2. The summed E-state index contributed by atoms with van der Waals surface area (Å²) in [5.41, 5.74) is 0.450. The summed E-state index contributed by atoms with van der Waals surface area (Å²) in [6, 6.07) is 3.98. The number of rotatable bonds is 5. The Kier molecular flexibility index (Phi) is 7.45. The molecule has 1 aliphatic rings. The Bertz CT molecular complexity index is 539. The molecule has 0 radical (unpaired) electrons. The van der Waals surface area contributed by atoms with E-state index in [1.165, 1.54) is 14.2 Å². The molecule has 1 aromatic rings. The fourth-order valence-corrected chi connectivity index (χ4v) is 2.81. The molecule has 0 spiro atoms. The molecule has 2 N–H and O–H groups in total. The molecule has 0 saturated carbocycles. The molecule has 1 amide bonds. The van der Waals surface area contributed by atoms with Crippen LogP contribution in [0.1, 0.15) is 30.1 Å². The van der Waals surface area contributed by atoms with Gasteiger partial charge in [-0.15, -0.1) is 12.4 Å². The predicted molar refractivity (Wildman–Crippen MR) is 91.3 cm³/mol. The van der Waals surface area contributed by atoms with Crippen molar-refractivity contribution in [3.8, 4) is 17.2 Å². The Balaban J connectivity index is 0.00000264. The van der Waals surface area contributed by atoms with Crippen LogP contribution in [0.15, 0.2) is 12.1 Å². The van der Waals surface area contributed by atoms with Crippen LogP contribution in [0.2, 0.25) is 0 Å². The maximum absolute atomic E-state index is 12.6. The van der Waals surface area contributed by atoms with Crippen molar-refractivity contribution in [1.82, 2.24) is 10.6 Å². The number of hydrogen-bond donors (Lipinski definition) is 2. The number of carbonyl (C=O) groups is 1. The molecule has 0 bridgehead atoms. The van der Waals surface area contributed by atoms with Crippen molar-refractivity contribution in [3.63, 3.8) is 0 Å². The van der Waals surface area contributed by atoms with Crippen LogP contribution in [0.3, 0.4) is 0 Å². The second kappa shape index (κ2) is 8.84. The van der Waals surface area contributed by atoms with E-state index in [1.54, 1.807) is 19.2 Å². The van der Waals surface area contributed by atoms with Gasteiger partial charge >= 0.3 is 0 Å². The number of piperidine rings is 1. The molecule has 2 atom stereocenters. The van der Waals surface area contributed by atoms with Gasteiger partial charge in [-0.05, 0) is 38.4 Å². The predicted octanol–water partition coefficient (Wildman–Crippen LogP) is 2.00. The van der Waals surface area contributed by atoms with Gasteiger partial charge in [0.2, 0.25) is 5.75 Å². The maximum Gasteiger partial charge on any atom is 0.255 e. The second-order valence-corrected chi connectivity index (χ2v) is 5.43. The fourth-order valence-electron chi connectivity index (χ4n) is 2.81. The zero-order chi connectivity index (χ0) is 16.1. The van der Waals surface area contributed by atoms with E-state index in [2.05, 4.69) is 17.6 Å². The first-order valence-electron chi connectivity index (χ1n) is 7.43. The second-order valence-electron chi connectivity index (χ2n) is 5.43. The van der Waals surface area contributed by atoms with Crippen LogP contribution in [0, 0.1) is 0 Å². The van der Waals surface area contributed by atoms with Crippen LogP contribution >= 0.6 is 12.4 Å². The third kappa shape index (κ3) is 4.42. The van der Waals surface area contributed by atoms with Gasteiger partial charge in [0, 0.05) is 12.1 Å². The molecule has 2 unspecified atom stereocenters. The maximum atomic E-state index is 12.6. The number of methoxy groups -OCH3 is 3. The summed E-state index contributed by atoms with van der Waals surface area (Å²) in [7, 11) is 4.59. The molecule has 1 saturated heterocycles. The monoisotopic (exact) mass is 344 g/mol. The summed E-state index contributed by atoms with van der Waals surface area (Å²) in [5.74, 6) is 1.20. The lowest BCUT2D eigenvalue weighted by Gasteiger charge is -2.29. The first kappa shape index (κ1) is 19.4. The summed E-state index contributed by atoms with van der Waals surface area (Å²) < 4.78 is 15.9. The van der Waals surface area contributed by atoms with Gasteiger partial charge < -0.3 is 24.8 Å². The molecule has 23 heavy (non-hydrogen) atoms. The van der Waals surface area contributed by atoms with Gasteiger partial charge in [-0.25, -0.2) is 0 Å². The standard InChI is InChI=1S/C16H24N2O4.ClH/c1-10-9-11(7-8-17-10)18-16(19)12-5-6-13(20-2)15(22-4)14(12)21-3;/h5-6,10-11,17H,7-9H2,1-4H3,(H,18,19);1H. The van der Waals surface area contributed by atoms with E-state index in [1.807, 2.05) is 0 Å². The molecule has 1 aromatic carbocycles. The number of benzene rings is 1. The van der Waals surface area contributed by atoms with Crippen molar-refractivity contribution in [2.45, 2.75) is 31.8 Å². The lowest BCUT2D eigenvalue weighted by Crippen LogP contribution is -2.46. The zero-order valence-corrected chi connectivity index (χ0v) is 14.8. The summed E-state index contributed by atoms with van der Waals surface area (Å²) in [4.78, 5) is 12.6. The summed E-state index contributed by atoms with van der Waals surface area (Å²) in [6.45, 7) is 3.03. The molecule has 1 heterocycles. The lowest BCUT2D eigenvalue weighted by atomic mass is 10.00. The molecule has 0 aromatic heterocycles. The average Bonchev–Trinajstić information content (AvgIpc) is 2.53. The molecule has 1 fully saturated rings. The topological polar surface area (TPSA) is 68.8 Å². The van der Waals surface area contributed by atoms with Gasteiger partial charge in [-0.3, -0.25) is 4.79 Å². The Morgan fingerprint density at radius 3 is 2.43 bits per heavy atom.